The summed E-state index contributed by atoms with van der Waals surface area (Å²) in [5.41, 5.74) is 2.45. The van der Waals surface area contributed by atoms with Gasteiger partial charge in [0.15, 0.2) is 5.65 Å². The lowest BCUT2D eigenvalue weighted by Gasteiger charge is -2.13. The minimum Gasteiger partial charge on any atom is -0.433 e. The number of ether oxygens (including phenoxy) is 1. The second-order valence-corrected chi connectivity index (χ2v) is 5.47. The molecule has 23 heavy (non-hydrogen) atoms. The van der Waals surface area contributed by atoms with Crippen molar-refractivity contribution in [1.82, 2.24) is 19.6 Å². The molecule has 8 heteroatoms. The molecule has 0 aliphatic heterocycles. The van der Waals surface area contributed by atoms with Gasteiger partial charge in [0.25, 0.3) is 0 Å². The maximum atomic E-state index is 12.1. The first-order valence-corrected chi connectivity index (χ1v) is 7.30. The summed E-state index contributed by atoms with van der Waals surface area (Å²) in [4.78, 5) is 8.44. The third-order valence-electron chi connectivity index (χ3n) is 3.43. The maximum Gasteiger partial charge on any atom is 0.387 e. The van der Waals surface area contributed by atoms with E-state index in [1.54, 1.807) is 29.0 Å². The van der Waals surface area contributed by atoms with Gasteiger partial charge in [-0.05, 0) is 30.5 Å². The zero-order valence-corrected chi connectivity index (χ0v) is 12.9. The highest BCUT2D eigenvalue weighted by Gasteiger charge is 2.15. The number of hydrogen-bond acceptors (Lipinski definition) is 4. The summed E-state index contributed by atoms with van der Waals surface area (Å²) < 4.78 is 30.2. The fourth-order valence-electron chi connectivity index (χ4n) is 2.40. The Morgan fingerprint density at radius 3 is 2.83 bits per heavy atom. The normalized spacial score (nSPS) is 12.7. The lowest BCUT2D eigenvalue weighted by atomic mass is 9.97. The van der Waals surface area contributed by atoms with E-state index in [1.165, 1.54) is 12.3 Å². The molecule has 120 valence electrons. The summed E-state index contributed by atoms with van der Waals surface area (Å²) in [5, 5.41) is 4.52. The van der Waals surface area contributed by atoms with E-state index < -0.39 is 6.61 Å². The third-order valence-corrected chi connectivity index (χ3v) is 3.61. The zero-order valence-electron chi connectivity index (χ0n) is 12.2. The monoisotopic (exact) mass is 338 g/mol. The van der Waals surface area contributed by atoms with Gasteiger partial charge in [0, 0.05) is 23.7 Å². The van der Waals surface area contributed by atoms with Crippen molar-refractivity contribution in [3.05, 3.63) is 53.2 Å². The SMILES string of the molecule is CC(Cc1ccc(OC(F)F)cn1)c1cc(Cl)nn2ccnc12. The molecule has 0 aliphatic carbocycles. The van der Waals surface area contributed by atoms with Crippen molar-refractivity contribution >= 4 is 17.2 Å². The third kappa shape index (κ3) is 3.56. The Balaban J connectivity index is 1.80. The van der Waals surface area contributed by atoms with Crippen LogP contribution >= 0.6 is 11.6 Å². The largest absolute Gasteiger partial charge is 0.433 e. The Bertz CT molecular complexity index is 807. The summed E-state index contributed by atoms with van der Waals surface area (Å²) in [6.45, 7) is -0.833. The van der Waals surface area contributed by atoms with Crippen LogP contribution in [0.5, 0.6) is 5.75 Å². The van der Waals surface area contributed by atoms with Crippen molar-refractivity contribution in [2.45, 2.75) is 25.9 Å². The van der Waals surface area contributed by atoms with Crippen LogP contribution in [0.15, 0.2) is 36.8 Å². The predicted molar refractivity (Wildman–Crippen MR) is 81.0 cm³/mol. The first kappa shape index (κ1) is 15.6. The number of alkyl halides is 2. The average Bonchev–Trinajstić information content (AvgIpc) is 2.95. The highest BCUT2D eigenvalue weighted by Crippen LogP contribution is 2.25. The molecule has 0 aliphatic rings. The van der Waals surface area contributed by atoms with Gasteiger partial charge in [0.1, 0.15) is 10.9 Å². The van der Waals surface area contributed by atoms with Crippen molar-refractivity contribution in [3.8, 4) is 5.75 Å². The highest BCUT2D eigenvalue weighted by atomic mass is 35.5. The average molecular weight is 339 g/mol. The van der Waals surface area contributed by atoms with Crippen LogP contribution in [0.3, 0.4) is 0 Å². The van der Waals surface area contributed by atoms with Gasteiger partial charge in [0.2, 0.25) is 0 Å². The molecular weight excluding hydrogens is 326 g/mol. The predicted octanol–water partition coefficient (Wildman–Crippen LogP) is 3.73. The van der Waals surface area contributed by atoms with Gasteiger partial charge in [-0.1, -0.05) is 18.5 Å². The fourth-order valence-corrected chi connectivity index (χ4v) is 2.60. The standard InChI is InChI=1S/C15H13ClF2N4O/c1-9(6-10-2-3-11(8-20-10)23-15(17)18)12-7-13(16)21-22-5-4-19-14(12)22/h2-5,7-9,15H,6H2,1H3. The molecule has 0 N–H and O–H groups in total. The second-order valence-electron chi connectivity index (χ2n) is 5.09. The number of imidazole rings is 1. The molecule has 1 unspecified atom stereocenters. The smallest absolute Gasteiger partial charge is 0.387 e. The van der Waals surface area contributed by atoms with E-state index in [0.29, 0.717) is 11.6 Å². The molecule has 3 aromatic rings. The van der Waals surface area contributed by atoms with E-state index >= 15 is 0 Å². The number of pyridine rings is 1. The molecule has 0 bridgehead atoms. The fraction of sp³-hybridized carbons (Fsp3) is 0.267. The second kappa shape index (κ2) is 6.45. The van der Waals surface area contributed by atoms with Crippen molar-refractivity contribution in [2.24, 2.45) is 0 Å². The van der Waals surface area contributed by atoms with E-state index in [4.69, 9.17) is 11.6 Å². The molecule has 3 aromatic heterocycles. The molecule has 0 radical (unpaired) electrons. The van der Waals surface area contributed by atoms with Crippen molar-refractivity contribution in [2.75, 3.05) is 0 Å². The van der Waals surface area contributed by atoms with Gasteiger partial charge < -0.3 is 4.74 Å². The van der Waals surface area contributed by atoms with E-state index in [1.807, 2.05) is 6.92 Å². The maximum absolute atomic E-state index is 12.1. The van der Waals surface area contributed by atoms with Crippen molar-refractivity contribution in [3.63, 3.8) is 0 Å². The molecule has 3 rings (SSSR count). The number of nitrogens with zero attached hydrogens (tertiary/aromatic N) is 4. The van der Waals surface area contributed by atoms with Crippen LogP contribution in [-0.2, 0) is 6.42 Å². The molecule has 0 amide bonds. The van der Waals surface area contributed by atoms with Gasteiger partial charge in [-0.25, -0.2) is 9.50 Å². The van der Waals surface area contributed by atoms with E-state index in [2.05, 4.69) is 19.8 Å². The number of halogens is 3. The van der Waals surface area contributed by atoms with Crippen LogP contribution in [-0.4, -0.2) is 26.2 Å². The van der Waals surface area contributed by atoms with Gasteiger partial charge in [-0.2, -0.15) is 13.9 Å². The minimum atomic E-state index is -2.85. The molecule has 5 nitrogen and oxygen atoms in total. The molecule has 0 fully saturated rings. The van der Waals surface area contributed by atoms with Crippen LogP contribution in [0.25, 0.3) is 5.65 Å². The molecule has 0 saturated heterocycles. The topological polar surface area (TPSA) is 52.3 Å². The molecular formula is C15H13ClF2N4O. The van der Waals surface area contributed by atoms with E-state index in [0.717, 1.165) is 16.9 Å². The quantitative estimate of drug-likeness (QED) is 0.711. The summed E-state index contributed by atoms with van der Waals surface area (Å²) >= 11 is 6.03. The van der Waals surface area contributed by atoms with E-state index in [9.17, 15) is 8.78 Å². The molecule has 0 aromatic carbocycles. The number of fused-ring (bicyclic) bond motifs is 1. The molecule has 0 spiro atoms. The van der Waals surface area contributed by atoms with Gasteiger partial charge >= 0.3 is 6.61 Å². The van der Waals surface area contributed by atoms with E-state index in [-0.39, 0.29) is 11.7 Å². The van der Waals surface area contributed by atoms with Crippen molar-refractivity contribution < 1.29 is 13.5 Å². The first-order chi connectivity index (χ1) is 11.0. The zero-order chi connectivity index (χ0) is 16.4. The molecule has 0 saturated carbocycles. The van der Waals surface area contributed by atoms with Gasteiger partial charge in [0.05, 0.1) is 6.20 Å². The molecule has 1 atom stereocenters. The summed E-state index contributed by atoms with van der Waals surface area (Å²) in [5.74, 6) is 0.119. The van der Waals surface area contributed by atoms with Gasteiger partial charge in [-0.15, -0.1) is 0 Å². The number of rotatable bonds is 5. The number of aromatic nitrogens is 4. The lowest BCUT2D eigenvalue weighted by Crippen LogP contribution is -2.06. The Labute approximate surface area is 135 Å². The first-order valence-electron chi connectivity index (χ1n) is 6.92. The Morgan fingerprint density at radius 1 is 1.30 bits per heavy atom. The Morgan fingerprint density at radius 2 is 2.13 bits per heavy atom. The molecule has 3 heterocycles. The lowest BCUT2D eigenvalue weighted by molar-refractivity contribution is -0.0500. The van der Waals surface area contributed by atoms with Crippen LogP contribution < -0.4 is 4.74 Å². The summed E-state index contributed by atoms with van der Waals surface area (Å²) in [7, 11) is 0. The van der Waals surface area contributed by atoms with Crippen molar-refractivity contribution in [1.29, 1.82) is 0 Å². The van der Waals surface area contributed by atoms with Crippen LogP contribution in [0, 0.1) is 0 Å². The van der Waals surface area contributed by atoms with Crippen LogP contribution in [0.4, 0.5) is 8.78 Å². The summed E-state index contributed by atoms with van der Waals surface area (Å²) in [6.07, 6.45) is 5.28. The van der Waals surface area contributed by atoms with Crippen LogP contribution in [0.2, 0.25) is 5.15 Å². The van der Waals surface area contributed by atoms with Gasteiger partial charge in [-0.3, -0.25) is 4.98 Å². The Kier molecular flexibility index (Phi) is 4.38. The minimum absolute atomic E-state index is 0.0407. The van der Waals surface area contributed by atoms with Crippen LogP contribution in [0.1, 0.15) is 24.1 Å². The Hall–Kier alpha value is -2.28. The summed E-state index contributed by atoms with van der Waals surface area (Å²) in [6, 6.07) is 4.93. The highest BCUT2D eigenvalue weighted by molar-refractivity contribution is 6.29. The number of hydrogen-bond donors (Lipinski definition) is 0.